The van der Waals surface area contributed by atoms with Crippen LogP contribution < -0.4 is 11.1 Å². The van der Waals surface area contributed by atoms with Gasteiger partial charge in [0.1, 0.15) is 0 Å². The second-order valence-electron chi connectivity index (χ2n) is 6.48. The van der Waals surface area contributed by atoms with Gasteiger partial charge in [-0.2, -0.15) is 0 Å². The minimum absolute atomic E-state index is 0.125. The summed E-state index contributed by atoms with van der Waals surface area (Å²) in [5.74, 6) is 2.75. The molecule has 100 valence electrons. The number of fused-ring (bicyclic) bond motifs is 2. The summed E-state index contributed by atoms with van der Waals surface area (Å²) in [5, 5.41) is 2.93. The molecule has 0 radical (unpaired) electrons. The molecular formula is C16H20N2O. The first-order valence-corrected chi connectivity index (χ1v) is 7.39. The summed E-state index contributed by atoms with van der Waals surface area (Å²) in [6.07, 6.45) is 5.52. The normalized spacial score (nSPS) is 33.3. The quantitative estimate of drug-likeness (QED) is 0.854. The van der Waals surface area contributed by atoms with E-state index < -0.39 is 0 Å². The van der Waals surface area contributed by atoms with Gasteiger partial charge in [-0.1, -0.05) is 12.1 Å². The Labute approximate surface area is 113 Å². The fourth-order valence-corrected chi connectivity index (χ4v) is 3.94. The molecule has 19 heavy (non-hydrogen) atoms. The molecule has 2 fully saturated rings. The lowest BCUT2D eigenvalue weighted by Gasteiger charge is -2.24. The van der Waals surface area contributed by atoms with Crippen molar-refractivity contribution in [2.45, 2.75) is 38.1 Å². The Morgan fingerprint density at radius 2 is 1.95 bits per heavy atom. The first-order valence-electron chi connectivity index (χ1n) is 7.39. The highest BCUT2D eigenvalue weighted by molar-refractivity contribution is 5.93. The second kappa shape index (κ2) is 4.07. The number of aryl methyl sites for hydroxylation is 1. The highest BCUT2D eigenvalue weighted by Crippen LogP contribution is 2.56. The highest BCUT2D eigenvalue weighted by Gasteiger charge is 2.47. The van der Waals surface area contributed by atoms with Crippen molar-refractivity contribution in [3.8, 4) is 0 Å². The molecule has 2 aliphatic carbocycles. The highest BCUT2D eigenvalue weighted by atomic mass is 16.1. The van der Waals surface area contributed by atoms with Crippen molar-refractivity contribution < 1.29 is 4.79 Å². The minimum atomic E-state index is 0.125. The number of rotatable bonds is 2. The Hall–Kier alpha value is -1.35. The Morgan fingerprint density at radius 3 is 2.74 bits per heavy atom. The van der Waals surface area contributed by atoms with E-state index in [-0.39, 0.29) is 11.9 Å². The van der Waals surface area contributed by atoms with Crippen LogP contribution in [0.3, 0.4) is 0 Å². The van der Waals surface area contributed by atoms with Crippen molar-refractivity contribution in [1.29, 1.82) is 0 Å². The molecule has 4 rings (SSSR count). The van der Waals surface area contributed by atoms with Gasteiger partial charge < -0.3 is 11.1 Å². The third-order valence-corrected chi connectivity index (χ3v) is 5.20. The minimum Gasteiger partial charge on any atom is -0.326 e. The summed E-state index contributed by atoms with van der Waals surface area (Å²) in [6.45, 7) is 0. The lowest BCUT2D eigenvalue weighted by Crippen LogP contribution is -2.22. The van der Waals surface area contributed by atoms with E-state index in [4.69, 9.17) is 5.73 Å². The van der Waals surface area contributed by atoms with Gasteiger partial charge in [0.05, 0.1) is 0 Å². The predicted octanol–water partition coefficient (Wildman–Crippen LogP) is 2.62. The van der Waals surface area contributed by atoms with E-state index in [2.05, 4.69) is 17.4 Å². The standard InChI is InChI=1S/C16H20N2O/c17-16(13-7-11-6-12(11)8-13)10-1-3-14-9(5-10)2-4-15(19)18-14/h1,3,5,11-13,16H,2,4,6-8,17H2,(H,18,19). The number of hydrogen-bond acceptors (Lipinski definition) is 2. The van der Waals surface area contributed by atoms with E-state index in [0.29, 0.717) is 12.3 Å². The lowest BCUT2D eigenvalue weighted by molar-refractivity contribution is -0.116. The van der Waals surface area contributed by atoms with Crippen molar-refractivity contribution in [2.24, 2.45) is 23.5 Å². The van der Waals surface area contributed by atoms with Crippen molar-refractivity contribution in [1.82, 2.24) is 0 Å². The second-order valence-corrected chi connectivity index (χ2v) is 6.48. The summed E-state index contributed by atoms with van der Waals surface area (Å²) in [4.78, 5) is 11.4. The van der Waals surface area contributed by atoms with E-state index >= 15 is 0 Å². The fraction of sp³-hybridized carbons (Fsp3) is 0.562. The van der Waals surface area contributed by atoms with Gasteiger partial charge in [0.25, 0.3) is 0 Å². The summed E-state index contributed by atoms with van der Waals surface area (Å²) >= 11 is 0. The van der Waals surface area contributed by atoms with Gasteiger partial charge in [-0.25, -0.2) is 0 Å². The number of nitrogens with two attached hydrogens (primary N) is 1. The number of benzene rings is 1. The smallest absolute Gasteiger partial charge is 0.224 e. The maximum absolute atomic E-state index is 11.4. The Kier molecular flexibility index (Phi) is 2.46. The monoisotopic (exact) mass is 256 g/mol. The van der Waals surface area contributed by atoms with Crippen LogP contribution in [0.4, 0.5) is 5.69 Å². The maximum Gasteiger partial charge on any atom is 0.224 e. The molecule has 3 nitrogen and oxygen atoms in total. The van der Waals surface area contributed by atoms with Crippen molar-refractivity contribution in [3.05, 3.63) is 29.3 Å². The number of nitrogens with one attached hydrogen (secondary N) is 1. The Bertz CT molecular complexity index is 530. The number of carbonyl (C=O) groups is 1. The van der Waals surface area contributed by atoms with Crippen LogP contribution in [0.1, 0.15) is 42.9 Å². The maximum atomic E-state index is 11.4. The van der Waals surface area contributed by atoms with Crippen molar-refractivity contribution >= 4 is 11.6 Å². The first kappa shape index (κ1) is 11.5. The molecule has 2 saturated carbocycles. The molecular weight excluding hydrogens is 236 g/mol. The lowest BCUT2D eigenvalue weighted by atomic mass is 9.88. The van der Waals surface area contributed by atoms with Gasteiger partial charge in [0.15, 0.2) is 0 Å². The summed E-state index contributed by atoms with van der Waals surface area (Å²) < 4.78 is 0. The molecule has 1 amide bonds. The van der Waals surface area contributed by atoms with Crippen LogP contribution in [0.25, 0.3) is 0 Å². The van der Waals surface area contributed by atoms with Crippen LogP contribution in [0, 0.1) is 17.8 Å². The number of carbonyl (C=O) groups excluding carboxylic acids is 1. The molecule has 0 spiro atoms. The van der Waals surface area contributed by atoms with E-state index in [9.17, 15) is 4.79 Å². The fourth-order valence-electron chi connectivity index (χ4n) is 3.94. The van der Waals surface area contributed by atoms with Crippen LogP contribution in [0.5, 0.6) is 0 Å². The van der Waals surface area contributed by atoms with Gasteiger partial charge in [-0.15, -0.1) is 0 Å². The van der Waals surface area contributed by atoms with Gasteiger partial charge in [-0.05, 0) is 60.6 Å². The third kappa shape index (κ3) is 1.96. The van der Waals surface area contributed by atoms with E-state index in [1.54, 1.807) is 0 Å². The molecule has 3 heteroatoms. The SMILES string of the molecule is NC(c1ccc2c(c1)CCC(=O)N2)C1CC2CC2C1. The van der Waals surface area contributed by atoms with Crippen molar-refractivity contribution in [3.63, 3.8) is 0 Å². The van der Waals surface area contributed by atoms with E-state index in [1.165, 1.54) is 30.4 Å². The molecule has 3 atom stereocenters. The van der Waals surface area contributed by atoms with Crippen LogP contribution in [0.2, 0.25) is 0 Å². The van der Waals surface area contributed by atoms with Gasteiger partial charge in [0.2, 0.25) is 5.91 Å². The summed E-state index contributed by atoms with van der Waals surface area (Å²) in [5.41, 5.74) is 9.93. The zero-order valence-corrected chi connectivity index (χ0v) is 11.1. The molecule has 1 aromatic carbocycles. The Morgan fingerprint density at radius 1 is 1.16 bits per heavy atom. The van der Waals surface area contributed by atoms with Gasteiger partial charge >= 0.3 is 0 Å². The summed E-state index contributed by atoms with van der Waals surface area (Å²) in [6, 6.07) is 6.51. The molecule has 0 saturated heterocycles. The topological polar surface area (TPSA) is 55.1 Å². The van der Waals surface area contributed by atoms with Crippen LogP contribution in [-0.4, -0.2) is 5.91 Å². The molecule has 3 aliphatic rings. The predicted molar refractivity (Wildman–Crippen MR) is 74.6 cm³/mol. The average Bonchev–Trinajstić information content (AvgIpc) is 3.04. The van der Waals surface area contributed by atoms with E-state index in [0.717, 1.165) is 23.9 Å². The zero-order chi connectivity index (χ0) is 13.0. The number of amides is 1. The molecule has 3 N–H and O–H groups in total. The summed E-state index contributed by atoms with van der Waals surface area (Å²) in [7, 11) is 0. The molecule has 1 aromatic rings. The first-order chi connectivity index (χ1) is 9.20. The third-order valence-electron chi connectivity index (χ3n) is 5.20. The molecule has 1 heterocycles. The molecule has 1 aliphatic heterocycles. The molecule has 0 aromatic heterocycles. The van der Waals surface area contributed by atoms with Gasteiger partial charge in [0, 0.05) is 18.2 Å². The van der Waals surface area contributed by atoms with Crippen LogP contribution >= 0.6 is 0 Å². The molecule has 3 unspecified atom stereocenters. The van der Waals surface area contributed by atoms with Gasteiger partial charge in [-0.3, -0.25) is 4.79 Å². The Balaban J connectivity index is 1.56. The molecule has 0 bridgehead atoms. The number of anilines is 1. The number of hydrogen-bond donors (Lipinski definition) is 2. The largest absolute Gasteiger partial charge is 0.326 e. The zero-order valence-electron chi connectivity index (χ0n) is 11.1. The van der Waals surface area contributed by atoms with Crippen LogP contribution in [0.15, 0.2) is 18.2 Å². The van der Waals surface area contributed by atoms with Crippen LogP contribution in [-0.2, 0) is 11.2 Å². The van der Waals surface area contributed by atoms with Crippen molar-refractivity contribution in [2.75, 3.05) is 5.32 Å². The van der Waals surface area contributed by atoms with E-state index in [1.807, 2.05) is 6.07 Å². The average molecular weight is 256 g/mol.